The summed E-state index contributed by atoms with van der Waals surface area (Å²) in [6.07, 6.45) is -2.58. The summed E-state index contributed by atoms with van der Waals surface area (Å²) in [5, 5.41) is 16.0. The first-order chi connectivity index (χ1) is 16.6. The molecule has 1 saturated heterocycles. The van der Waals surface area contributed by atoms with E-state index in [1.807, 2.05) is 0 Å². The number of aromatic hydroxyl groups is 1. The molecule has 4 rings (SSSR count). The smallest absolute Gasteiger partial charge is 0.349 e. The van der Waals surface area contributed by atoms with Gasteiger partial charge >= 0.3 is 5.69 Å². The lowest BCUT2D eigenvalue weighted by atomic mass is 10.1. The predicted molar refractivity (Wildman–Crippen MR) is 120 cm³/mol. The first kappa shape index (κ1) is 24.6. The van der Waals surface area contributed by atoms with Gasteiger partial charge in [-0.15, -0.1) is 0 Å². The molecule has 10 nitrogen and oxygen atoms in total. The maximum Gasteiger partial charge on any atom is 0.349 e. The van der Waals surface area contributed by atoms with Gasteiger partial charge in [-0.2, -0.15) is 9.78 Å². The molecule has 1 fully saturated rings. The number of carbonyl (C=O) groups excluding carboxylic acids is 1. The van der Waals surface area contributed by atoms with Crippen molar-refractivity contribution in [1.82, 2.24) is 20.1 Å². The lowest BCUT2D eigenvalue weighted by Crippen LogP contribution is -2.35. The van der Waals surface area contributed by atoms with Gasteiger partial charge in [0.1, 0.15) is 11.5 Å². The van der Waals surface area contributed by atoms with Crippen molar-refractivity contribution in [3.63, 3.8) is 0 Å². The summed E-state index contributed by atoms with van der Waals surface area (Å²) in [7, 11) is 0. The number of halogens is 4. The number of carbonyl (C=O) groups is 1. The third kappa shape index (κ3) is 5.29. The number of ether oxygens (including phenoxy) is 2. The number of nitrogens with zero attached hydrogens (tertiary/aromatic N) is 2. The number of alkyl halides is 2. The number of benzene rings is 2. The largest absolute Gasteiger partial charge is 0.507 e. The number of phenols is 1. The van der Waals surface area contributed by atoms with Crippen LogP contribution in [0.2, 0.25) is 10.0 Å². The van der Waals surface area contributed by atoms with Crippen LogP contribution in [0, 0.1) is 0 Å². The number of rotatable bonds is 6. The van der Waals surface area contributed by atoms with E-state index in [1.54, 1.807) is 4.98 Å². The first-order valence-electron chi connectivity index (χ1n) is 10.0. The Hall–Kier alpha value is -3.48. The summed E-state index contributed by atoms with van der Waals surface area (Å²) in [6, 6.07) is 6.05. The van der Waals surface area contributed by atoms with Crippen molar-refractivity contribution in [3.8, 4) is 22.9 Å². The fourth-order valence-electron chi connectivity index (χ4n) is 3.29. The summed E-state index contributed by atoms with van der Waals surface area (Å²) >= 11 is 12.5. The number of aromatic amines is 1. The van der Waals surface area contributed by atoms with Gasteiger partial charge in [-0.1, -0.05) is 23.2 Å². The Labute approximate surface area is 205 Å². The molecule has 0 aliphatic carbocycles. The van der Waals surface area contributed by atoms with Crippen LogP contribution in [0.5, 0.6) is 17.2 Å². The van der Waals surface area contributed by atoms with E-state index in [-0.39, 0.29) is 44.6 Å². The minimum atomic E-state index is -3.22. The summed E-state index contributed by atoms with van der Waals surface area (Å²) in [6.45, 7) is 0.892. The molecule has 3 aromatic rings. The van der Waals surface area contributed by atoms with E-state index >= 15 is 0 Å². The van der Waals surface area contributed by atoms with Gasteiger partial charge in [-0.25, -0.2) is 13.6 Å². The van der Waals surface area contributed by atoms with Gasteiger partial charge in [0.05, 0.1) is 33.9 Å². The molecule has 1 aliphatic heterocycles. The summed E-state index contributed by atoms with van der Waals surface area (Å²) in [4.78, 5) is 37.9. The standard InChI is InChI=1S/C21H16Cl2F2N4O6/c22-13-5-10(29-21(33)27-20(32)16(28-29)18(24)25)6-14(23)17(13)35-11-1-2-15(30)12(7-11)19(31)26-9-3-4-34-8-9/h1-2,5-7,9,18,30H,3-4,8H2,(H,26,31)(H,27,32,33)/t9-/m0/s1. The zero-order valence-electron chi connectivity index (χ0n) is 17.6. The fourth-order valence-corrected chi connectivity index (χ4v) is 3.84. The van der Waals surface area contributed by atoms with E-state index in [1.165, 1.54) is 30.3 Å². The number of nitrogens with one attached hydrogen (secondary N) is 2. The second kappa shape index (κ2) is 10.0. The molecule has 0 radical (unpaired) electrons. The summed E-state index contributed by atoms with van der Waals surface area (Å²) in [5.74, 6) is -0.787. The van der Waals surface area contributed by atoms with Gasteiger partial charge in [0.15, 0.2) is 11.4 Å². The van der Waals surface area contributed by atoms with E-state index < -0.39 is 29.3 Å². The van der Waals surface area contributed by atoms with Crippen molar-refractivity contribution < 1.29 is 28.2 Å². The SMILES string of the molecule is O=C(N[C@H]1CCOC1)c1cc(Oc2c(Cl)cc(-n3nc(C(F)F)c(=O)[nH]c3=O)cc2Cl)ccc1O. The summed E-state index contributed by atoms with van der Waals surface area (Å²) in [5.41, 5.74) is -3.72. The zero-order valence-corrected chi connectivity index (χ0v) is 19.1. The van der Waals surface area contributed by atoms with Gasteiger partial charge in [-0.05, 0) is 36.8 Å². The second-order valence-corrected chi connectivity index (χ2v) is 8.22. The van der Waals surface area contributed by atoms with E-state index in [0.29, 0.717) is 24.3 Å². The van der Waals surface area contributed by atoms with Crippen LogP contribution in [0.15, 0.2) is 39.9 Å². The highest BCUT2D eigenvalue weighted by molar-refractivity contribution is 6.37. The van der Waals surface area contributed by atoms with Gasteiger partial charge < -0.3 is 19.9 Å². The Bertz CT molecular complexity index is 1380. The lowest BCUT2D eigenvalue weighted by molar-refractivity contribution is 0.0927. The highest BCUT2D eigenvalue weighted by Crippen LogP contribution is 2.39. The Balaban J connectivity index is 1.63. The van der Waals surface area contributed by atoms with E-state index in [4.69, 9.17) is 32.7 Å². The monoisotopic (exact) mass is 528 g/mol. The van der Waals surface area contributed by atoms with Gasteiger partial charge in [0.25, 0.3) is 17.9 Å². The minimum absolute atomic E-state index is 0.0539. The molecule has 1 amide bonds. The number of amides is 1. The van der Waals surface area contributed by atoms with Crippen molar-refractivity contribution in [2.24, 2.45) is 0 Å². The molecule has 0 spiro atoms. The number of hydrogen-bond acceptors (Lipinski definition) is 7. The van der Waals surface area contributed by atoms with Gasteiger partial charge in [-0.3, -0.25) is 14.6 Å². The number of hydrogen-bond donors (Lipinski definition) is 3. The van der Waals surface area contributed by atoms with Gasteiger partial charge in [0.2, 0.25) is 0 Å². The molecule has 2 heterocycles. The topological polar surface area (TPSA) is 136 Å². The van der Waals surface area contributed by atoms with Crippen LogP contribution < -0.4 is 21.3 Å². The van der Waals surface area contributed by atoms with Crippen molar-refractivity contribution >= 4 is 29.1 Å². The minimum Gasteiger partial charge on any atom is -0.507 e. The number of aromatic nitrogens is 3. The van der Waals surface area contributed by atoms with E-state index in [9.17, 15) is 28.3 Å². The van der Waals surface area contributed by atoms with Crippen LogP contribution in [-0.2, 0) is 4.74 Å². The first-order valence-corrected chi connectivity index (χ1v) is 10.8. The molecule has 1 atom stereocenters. The molecule has 3 N–H and O–H groups in total. The van der Waals surface area contributed by atoms with Crippen molar-refractivity contribution in [3.05, 3.63) is 72.5 Å². The Morgan fingerprint density at radius 2 is 1.97 bits per heavy atom. The molecule has 2 aromatic carbocycles. The normalized spacial score (nSPS) is 15.4. The molecule has 0 bridgehead atoms. The molecule has 35 heavy (non-hydrogen) atoms. The van der Waals surface area contributed by atoms with Crippen LogP contribution in [-0.4, -0.2) is 45.0 Å². The molecule has 0 saturated carbocycles. The summed E-state index contributed by atoms with van der Waals surface area (Å²) < 4.78 is 37.5. The highest BCUT2D eigenvalue weighted by atomic mass is 35.5. The molecule has 184 valence electrons. The maximum atomic E-state index is 13.0. The fraction of sp³-hybridized carbons (Fsp3) is 0.238. The Morgan fingerprint density at radius 3 is 2.60 bits per heavy atom. The van der Waals surface area contributed by atoms with Crippen molar-refractivity contribution in [2.45, 2.75) is 18.9 Å². The molecule has 1 aromatic heterocycles. The van der Waals surface area contributed by atoms with Crippen LogP contribution in [0.25, 0.3) is 5.69 Å². The molecular formula is C21H16Cl2F2N4O6. The van der Waals surface area contributed by atoms with Crippen LogP contribution in [0.4, 0.5) is 8.78 Å². The van der Waals surface area contributed by atoms with Crippen molar-refractivity contribution in [1.29, 1.82) is 0 Å². The third-order valence-corrected chi connectivity index (χ3v) is 5.55. The predicted octanol–water partition coefficient (Wildman–Crippen LogP) is 3.18. The Kier molecular flexibility index (Phi) is 7.05. The molecule has 0 unspecified atom stereocenters. The van der Waals surface area contributed by atoms with Crippen LogP contribution in [0.3, 0.4) is 0 Å². The second-order valence-electron chi connectivity index (χ2n) is 7.41. The van der Waals surface area contributed by atoms with E-state index in [0.717, 1.165) is 0 Å². The highest BCUT2D eigenvalue weighted by Gasteiger charge is 2.22. The maximum absolute atomic E-state index is 13.0. The Morgan fingerprint density at radius 1 is 1.26 bits per heavy atom. The zero-order chi connectivity index (χ0) is 25.3. The lowest BCUT2D eigenvalue weighted by Gasteiger charge is -2.15. The van der Waals surface area contributed by atoms with Crippen LogP contribution >= 0.6 is 23.2 Å². The quantitative estimate of drug-likeness (QED) is 0.447. The average molecular weight is 529 g/mol. The van der Waals surface area contributed by atoms with E-state index in [2.05, 4.69) is 10.4 Å². The number of phenolic OH excluding ortho intramolecular Hbond substituents is 1. The van der Waals surface area contributed by atoms with Crippen molar-refractivity contribution in [2.75, 3.05) is 13.2 Å². The molecule has 14 heteroatoms. The third-order valence-electron chi connectivity index (χ3n) is 4.98. The van der Waals surface area contributed by atoms with Gasteiger partial charge in [0, 0.05) is 6.61 Å². The van der Waals surface area contributed by atoms with Crippen LogP contribution in [0.1, 0.15) is 28.9 Å². The average Bonchev–Trinajstić information content (AvgIpc) is 3.30. The molecule has 1 aliphatic rings. The molecular weight excluding hydrogens is 513 g/mol. The number of H-pyrrole nitrogens is 1.